The van der Waals surface area contributed by atoms with Crippen LogP contribution in [0.1, 0.15) is 5.56 Å². The Labute approximate surface area is 175 Å². The molecule has 1 heterocycles. The Balaban J connectivity index is 0.00000225. The van der Waals surface area contributed by atoms with Gasteiger partial charge in [-0.3, -0.25) is 4.99 Å². The van der Waals surface area contributed by atoms with Gasteiger partial charge in [0, 0.05) is 24.2 Å². The number of nitrogens with one attached hydrogen (secondary N) is 1. The summed E-state index contributed by atoms with van der Waals surface area (Å²) >= 11 is 6.12. The van der Waals surface area contributed by atoms with Crippen molar-refractivity contribution in [2.24, 2.45) is 4.99 Å². The van der Waals surface area contributed by atoms with Gasteiger partial charge in [0.15, 0.2) is 0 Å². The second-order valence-electron chi connectivity index (χ2n) is 6.35. The summed E-state index contributed by atoms with van der Waals surface area (Å²) in [6.07, 6.45) is 0. The number of benzene rings is 3. The molecule has 0 saturated carbocycles. The fourth-order valence-electron chi connectivity index (χ4n) is 3.36. The molecule has 0 unspecified atom stereocenters. The number of ether oxygens (including phenoxy) is 2. The van der Waals surface area contributed by atoms with Crippen molar-refractivity contribution in [2.45, 2.75) is 0 Å². The average Bonchev–Trinajstić information content (AvgIpc) is 3.23. The number of nitrogens with zero attached hydrogens (tertiary/aromatic N) is 1. The van der Waals surface area contributed by atoms with Crippen molar-refractivity contribution in [3.63, 3.8) is 0 Å². The van der Waals surface area contributed by atoms with E-state index < -0.39 is 0 Å². The maximum atomic E-state index is 6.24. The highest BCUT2D eigenvalue weighted by Gasteiger charge is 2.21. The fourth-order valence-corrected chi connectivity index (χ4v) is 3.49. The standard InChI is InChI=1S/C22H21ClN2O2.ClH/c1-26-12-13-27-21-19(22-24-10-11-25-22)14-16-4-2-3-5-18(16)20(21)15-6-8-17(23)9-7-15;/h2-9,14H,10-13H2,1H3,(H,24,25);1H. The lowest BCUT2D eigenvalue weighted by molar-refractivity contribution is 0.146. The Kier molecular flexibility index (Phi) is 6.79. The predicted molar refractivity (Wildman–Crippen MR) is 118 cm³/mol. The van der Waals surface area contributed by atoms with Crippen molar-refractivity contribution in [2.75, 3.05) is 33.4 Å². The first-order valence-electron chi connectivity index (χ1n) is 9.00. The molecule has 3 aromatic carbocycles. The van der Waals surface area contributed by atoms with Crippen LogP contribution in [-0.4, -0.2) is 39.2 Å². The van der Waals surface area contributed by atoms with Gasteiger partial charge in [-0.05, 0) is 34.5 Å². The van der Waals surface area contributed by atoms with Crippen LogP contribution in [0.2, 0.25) is 5.02 Å². The first-order valence-corrected chi connectivity index (χ1v) is 9.38. The van der Waals surface area contributed by atoms with Crippen molar-refractivity contribution in [3.05, 3.63) is 65.2 Å². The minimum Gasteiger partial charge on any atom is -0.490 e. The number of fused-ring (bicyclic) bond motifs is 1. The molecule has 6 heteroatoms. The number of methoxy groups -OCH3 is 1. The highest BCUT2D eigenvalue weighted by atomic mass is 35.5. The number of rotatable bonds is 6. The van der Waals surface area contributed by atoms with Gasteiger partial charge in [-0.1, -0.05) is 48.0 Å². The van der Waals surface area contributed by atoms with Gasteiger partial charge in [0.05, 0.1) is 18.7 Å². The van der Waals surface area contributed by atoms with Gasteiger partial charge in [0.1, 0.15) is 18.2 Å². The quantitative estimate of drug-likeness (QED) is 0.577. The second kappa shape index (κ2) is 9.28. The summed E-state index contributed by atoms with van der Waals surface area (Å²) in [6.45, 7) is 2.60. The Bertz CT molecular complexity index is 988. The molecule has 0 saturated heterocycles. The van der Waals surface area contributed by atoms with Crippen LogP contribution in [0.4, 0.5) is 0 Å². The molecule has 0 aromatic heterocycles. The van der Waals surface area contributed by atoms with Crippen LogP contribution in [0.5, 0.6) is 5.75 Å². The zero-order valence-corrected chi connectivity index (χ0v) is 17.1. The maximum absolute atomic E-state index is 6.24. The molecule has 4 rings (SSSR count). The number of hydrogen-bond donors (Lipinski definition) is 1. The molecule has 146 valence electrons. The number of aliphatic imine (C=N–C) groups is 1. The molecule has 3 aromatic rings. The van der Waals surface area contributed by atoms with Gasteiger partial charge in [-0.2, -0.15) is 0 Å². The lowest BCUT2D eigenvalue weighted by atomic mass is 9.93. The van der Waals surface area contributed by atoms with Crippen LogP contribution in [0.25, 0.3) is 21.9 Å². The van der Waals surface area contributed by atoms with Crippen LogP contribution >= 0.6 is 24.0 Å². The van der Waals surface area contributed by atoms with Crippen LogP contribution < -0.4 is 10.1 Å². The molecule has 0 bridgehead atoms. The van der Waals surface area contributed by atoms with Gasteiger partial charge in [-0.25, -0.2) is 0 Å². The molecule has 4 nitrogen and oxygen atoms in total. The van der Waals surface area contributed by atoms with Gasteiger partial charge in [0.25, 0.3) is 0 Å². The summed E-state index contributed by atoms with van der Waals surface area (Å²) in [5.74, 6) is 1.70. The number of hydrogen-bond acceptors (Lipinski definition) is 4. The Morgan fingerprint density at radius 1 is 1.07 bits per heavy atom. The van der Waals surface area contributed by atoms with Crippen LogP contribution in [0, 0.1) is 0 Å². The number of amidine groups is 1. The molecular weight excluding hydrogens is 395 g/mol. The molecule has 0 aliphatic carbocycles. The normalized spacial score (nSPS) is 13.0. The lowest BCUT2D eigenvalue weighted by Gasteiger charge is -2.19. The predicted octanol–water partition coefficient (Wildman–Crippen LogP) is 4.96. The van der Waals surface area contributed by atoms with Gasteiger partial charge >= 0.3 is 0 Å². The maximum Gasteiger partial charge on any atom is 0.138 e. The van der Waals surface area contributed by atoms with Crippen molar-refractivity contribution in [3.8, 4) is 16.9 Å². The molecule has 0 spiro atoms. The summed E-state index contributed by atoms with van der Waals surface area (Å²) in [4.78, 5) is 4.62. The Morgan fingerprint density at radius 2 is 1.86 bits per heavy atom. The van der Waals surface area contributed by atoms with E-state index in [1.54, 1.807) is 7.11 Å². The lowest BCUT2D eigenvalue weighted by Crippen LogP contribution is -2.21. The van der Waals surface area contributed by atoms with Crippen molar-refractivity contribution in [1.82, 2.24) is 5.32 Å². The zero-order chi connectivity index (χ0) is 18.6. The Hall–Kier alpha value is -2.27. The van der Waals surface area contributed by atoms with E-state index in [0.29, 0.717) is 18.2 Å². The van der Waals surface area contributed by atoms with E-state index >= 15 is 0 Å². The summed E-state index contributed by atoms with van der Waals surface area (Å²) in [5, 5.41) is 6.36. The summed E-state index contributed by atoms with van der Waals surface area (Å²) < 4.78 is 11.4. The largest absolute Gasteiger partial charge is 0.490 e. The molecule has 28 heavy (non-hydrogen) atoms. The average molecular weight is 417 g/mol. The molecule has 1 aliphatic rings. The van der Waals surface area contributed by atoms with E-state index in [2.05, 4.69) is 28.5 Å². The fraction of sp³-hybridized carbons (Fsp3) is 0.227. The molecule has 1 aliphatic heterocycles. The molecular formula is C22H22Cl2N2O2. The summed E-state index contributed by atoms with van der Waals surface area (Å²) in [5.41, 5.74) is 3.09. The summed E-state index contributed by atoms with van der Waals surface area (Å²) in [6, 6.07) is 18.3. The van der Waals surface area contributed by atoms with Gasteiger partial charge in [0.2, 0.25) is 0 Å². The smallest absolute Gasteiger partial charge is 0.138 e. The van der Waals surface area contributed by atoms with E-state index in [-0.39, 0.29) is 12.4 Å². The summed E-state index contributed by atoms with van der Waals surface area (Å²) in [7, 11) is 1.67. The highest BCUT2D eigenvalue weighted by molar-refractivity contribution is 6.30. The second-order valence-corrected chi connectivity index (χ2v) is 6.79. The first kappa shape index (κ1) is 20.5. The monoisotopic (exact) mass is 416 g/mol. The third kappa shape index (κ3) is 4.09. The van der Waals surface area contributed by atoms with Crippen LogP contribution in [-0.2, 0) is 4.74 Å². The van der Waals surface area contributed by atoms with E-state index in [0.717, 1.165) is 52.1 Å². The minimum atomic E-state index is 0. The van der Waals surface area contributed by atoms with Crippen LogP contribution in [0.15, 0.2) is 59.6 Å². The minimum absolute atomic E-state index is 0. The molecule has 0 fully saturated rings. The van der Waals surface area contributed by atoms with E-state index in [1.165, 1.54) is 0 Å². The van der Waals surface area contributed by atoms with E-state index in [9.17, 15) is 0 Å². The topological polar surface area (TPSA) is 42.9 Å². The molecule has 0 radical (unpaired) electrons. The molecule has 0 atom stereocenters. The third-order valence-corrected chi connectivity index (χ3v) is 4.85. The van der Waals surface area contributed by atoms with E-state index in [1.807, 2.05) is 36.4 Å². The van der Waals surface area contributed by atoms with E-state index in [4.69, 9.17) is 21.1 Å². The van der Waals surface area contributed by atoms with Crippen molar-refractivity contribution in [1.29, 1.82) is 0 Å². The van der Waals surface area contributed by atoms with Crippen molar-refractivity contribution < 1.29 is 9.47 Å². The van der Waals surface area contributed by atoms with Gasteiger partial charge < -0.3 is 14.8 Å². The first-order chi connectivity index (χ1) is 13.3. The molecule has 0 amide bonds. The Morgan fingerprint density at radius 3 is 2.57 bits per heavy atom. The highest BCUT2D eigenvalue weighted by Crippen LogP contribution is 2.40. The van der Waals surface area contributed by atoms with Crippen molar-refractivity contribution >= 4 is 40.6 Å². The third-order valence-electron chi connectivity index (χ3n) is 4.60. The zero-order valence-electron chi connectivity index (χ0n) is 15.6. The SMILES string of the molecule is COCCOc1c(C2=NCCN2)cc2ccccc2c1-c1ccc(Cl)cc1.Cl. The molecule has 1 N–H and O–H groups in total. The van der Waals surface area contributed by atoms with Gasteiger partial charge in [-0.15, -0.1) is 12.4 Å². The van der Waals surface area contributed by atoms with Crippen LogP contribution in [0.3, 0.4) is 0 Å². The number of halogens is 2.